The summed E-state index contributed by atoms with van der Waals surface area (Å²) in [6.45, 7) is 4.16. The maximum absolute atomic E-state index is 4.51. The van der Waals surface area contributed by atoms with Crippen molar-refractivity contribution in [3.63, 3.8) is 0 Å². The average Bonchev–Trinajstić information content (AvgIpc) is 3.70. The molecular formula is C38H56N6P2. The van der Waals surface area contributed by atoms with E-state index in [1.165, 1.54) is 150 Å². The molecule has 4 aliphatic carbocycles. The average molecular weight is 659 g/mol. The Morgan fingerprint density at radius 2 is 0.761 bits per heavy atom. The maximum atomic E-state index is 4.51. The molecule has 6 nitrogen and oxygen atoms in total. The molecule has 0 unspecified atom stereocenters. The Morgan fingerprint density at radius 1 is 0.457 bits per heavy atom. The van der Waals surface area contributed by atoms with Gasteiger partial charge in [0.2, 0.25) is 0 Å². The lowest BCUT2D eigenvalue weighted by Crippen LogP contribution is -2.29. The van der Waals surface area contributed by atoms with Gasteiger partial charge in [-0.05, 0) is 128 Å². The normalized spacial score (nSPS) is 21.3. The first-order valence-corrected chi connectivity index (χ1v) is 21.8. The molecule has 4 aromatic heterocycles. The fraction of sp³-hybridized carbons (Fsp3) is 0.684. The van der Waals surface area contributed by atoms with Gasteiger partial charge in [0, 0.05) is 0 Å². The van der Waals surface area contributed by atoms with Crippen molar-refractivity contribution < 1.29 is 0 Å². The van der Waals surface area contributed by atoms with E-state index in [-0.39, 0.29) is 15.8 Å². The summed E-state index contributed by atoms with van der Waals surface area (Å²) in [6, 6.07) is 13.5. The molecule has 4 saturated carbocycles. The van der Waals surface area contributed by atoms with Crippen LogP contribution in [0.2, 0.25) is 0 Å². The van der Waals surface area contributed by atoms with Gasteiger partial charge in [-0.15, -0.1) is 10.2 Å². The van der Waals surface area contributed by atoms with E-state index in [0.29, 0.717) is 0 Å². The Bertz CT molecular complexity index is 1390. The summed E-state index contributed by atoms with van der Waals surface area (Å²) >= 11 is 0. The molecule has 0 bridgehead atoms. The maximum Gasteiger partial charge on any atom is 0.0901 e. The number of hydrogen-bond acceptors (Lipinski definition) is 4. The molecule has 0 saturated heterocycles. The van der Waals surface area contributed by atoms with Gasteiger partial charge >= 0.3 is 0 Å². The van der Waals surface area contributed by atoms with Gasteiger partial charge in [0.1, 0.15) is 0 Å². The van der Waals surface area contributed by atoms with E-state index in [1.807, 2.05) is 0 Å². The third-order valence-electron chi connectivity index (χ3n) is 11.6. The van der Waals surface area contributed by atoms with Crippen LogP contribution in [0, 0.1) is 13.8 Å². The van der Waals surface area contributed by atoms with Gasteiger partial charge in [0.05, 0.1) is 33.3 Å². The second-order valence-corrected chi connectivity index (χ2v) is 20.2. The van der Waals surface area contributed by atoms with Crippen LogP contribution in [0.5, 0.6) is 0 Å². The number of fused-ring (bicyclic) bond motifs is 2. The molecule has 0 spiro atoms. The molecule has 0 amide bonds. The first kappa shape index (κ1) is 32.6. The zero-order valence-corrected chi connectivity index (χ0v) is 30.3. The molecule has 0 atom stereocenters. The molecular weight excluding hydrogens is 602 g/mol. The minimum atomic E-state index is -0.118. The van der Waals surface area contributed by atoms with Crippen LogP contribution in [0.1, 0.15) is 140 Å². The van der Waals surface area contributed by atoms with Crippen LogP contribution in [0.4, 0.5) is 0 Å². The van der Waals surface area contributed by atoms with Crippen LogP contribution < -0.4 is 10.9 Å². The summed E-state index contributed by atoms with van der Waals surface area (Å²) in [6.07, 6.45) is 28.7. The molecule has 4 aromatic rings. The summed E-state index contributed by atoms with van der Waals surface area (Å²) in [7, 11) is -0.236. The van der Waals surface area contributed by atoms with Crippen LogP contribution in [-0.2, 0) is 0 Å². The van der Waals surface area contributed by atoms with Crippen molar-refractivity contribution in [1.29, 1.82) is 0 Å². The van der Waals surface area contributed by atoms with Crippen LogP contribution in [-0.4, -0.2) is 52.3 Å². The standard InChI is InChI=1S/2C19H28N3P/c2*1-15-18-13-8-14-19(22(18)21-20-15)23(16-9-4-2-5-10-16)17-11-6-3-7-12-17/h2*8,13-14,16-17H,2-7,9-12H2,1H3. The topological polar surface area (TPSA) is 60.4 Å². The number of rotatable bonds is 6. The number of hydrogen-bond donors (Lipinski definition) is 0. The monoisotopic (exact) mass is 658 g/mol. The fourth-order valence-electron chi connectivity index (χ4n) is 9.21. The van der Waals surface area contributed by atoms with Gasteiger partial charge in [-0.3, -0.25) is 0 Å². The smallest absolute Gasteiger partial charge is 0.0901 e. The molecule has 4 aliphatic rings. The molecule has 4 heterocycles. The van der Waals surface area contributed by atoms with Gasteiger partial charge in [0.25, 0.3) is 0 Å². The number of aryl methyl sites for hydroxylation is 2. The van der Waals surface area contributed by atoms with E-state index >= 15 is 0 Å². The van der Waals surface area contributed by atoms with E-state index in [9.17, 15) is 0 Å². The number of nitrogens with zero attached hydrogens (tertiary/aromatic N) is 6. The summed E-state index contributed by atoms with van der Waals surface area (Å²) < 4.78 is 4.37. The van der Waals surface area contributed by atoms with Gasteiger partial charge in [-0.1, -0.05) is 99.6 Å². The zero-order chi connectivity index (χ0) is 31.3. The van der Waals surface area contributed by atoms with Gasteiger partial charge < -0.3 is 0 Å². The summed E-state index contributed by atoms with van der Waals surface area (Å²) in [5.41, 5.74) is 11.2. The SMILES string of the molecule is Cc1nnn2c(P(C3CCCCC3)C3CCCCC3)cccc12.Cc1nnn2c(P(C3CCCCC3)C3CCCCC3)cccc12. The van der Waals surface area contributed by atoms with Gasteiger partial charge in [-0.2, -0.15) is 0 Å². The van der Waals surface area contributed by atoms with Crippen molar-refractivity contribution in [2.24, 2.45) is 0 Å². The predicted octanol–water partition coefficient (Wildman–Crippen LogP) is 9.62. The van der Waals surface area contributed by atoms with Crippen molar-refractivity contribution in [1.82, 2.24) is 29.7 Å². The first-order valence-electron chi connectivity index (χ1n) is 18.9. The van der Waals surface area contributed by atoms with E-state index < -0.39 is 0 Å². The zero-order valence-electron chi connectivity index (χ0n) is 28.5. The quantitative estimate of drug-likeness (QED) is 0.194. The molecule has 0 aromatic carbocycles. The highest BCUT2D eigenvalue weighted by molar-refractivity contribution is 7.67. The Labute approximate surface area is 279 Å². The molecule has 0 N–H and O–H groups in total. The number of aromatic nitrogens is 6. The largest absolute Gasteiger partial charge is 0.213 e. The van der Waals surface area contributed by atoms with Crippen LogP contribution in [0.25, 0.3) is 11.0 Å². The lowest BCUT2D eigenvalue weighted by Gasteiger charge is -2.38. The highest BCUT2D eigenvalue weighted by Crippen LogP contribution is 2.56. The summed E-state index contributed by atoms with van der Waals surface area (Å²) in [5.74, 6) is 0. The molecule has 248 valence electrons. The van der Waals surface area contributed by atoms with Crippen molar-refractivity contribution in [2.45, 2.75) is 165 Å². The highest BCUT2D eigenvalue weighted by atomic mass is 31.1. The summed E-state index contributed by atoms with van der Waals surface area (Å²) in [4.78, 5) is 0. The van der Waals surface area contributed by atoms with Crippen molar-refractivity contribution in [3.8, 4) is 0 Å². The Kier molecular flexibility index (Phi) is 11.0. The van der Waals surface area contributed by atoms with E-state index in [4.69, 9.17) is 0 Å². The van der Waals surface area contributed by atoms with E-state index in [1.54, 1.807) is 0 Å². The minimum Gasteiger partial charge on any atom is -0.213 e. The summed E-state index contributed by atoms with van der Waals surface area (Å²) in [5, 5.41) is 17.7. The molecule has 0 radical (unpaired) electrons. The van der Waals surface area contributed by atoms with E-state index in [2.05, 4.69) is 79.9 Å². The predicted molar refractivity (Wildman–Crippen MR) is 196 cm³/mol. The van der Waals surface area contributed by atoms with Gasteiger partial charge in [0.15, 0.2) is 0 Å². The fourth-order valence-corrected chi connectivity index (χ4v) is 16.8. The third kappa shape index (κ3) is 7.10. The molecule has 46 heavy (non-hydrogen) atoms. The number of pyridine rings is 2. The molecule has 8 rings (SSSR count). The van der Waals surface area contributed by atoms with Gasteiger partial charge in [-0.25, -0.2) is 9.03 Å². The van der Waals surface area contributed by atoms with Crippen LogP contribution >= 0.6 is 15.8 Å². The lowest BCUT2D eigenvalue weighted by atomic mass is 9.99. The Hall–Kier alpha value is -1.90. The van der Waals surface area contributed by atoms with Crippen LogP contribution in [0.3, 0.4) is 0 Å². The second kappa shape index (κ2) is 15.5. The molecule has 4 fully saturated rings. The Balaban J connectivity index is 0.000000147. The lowest BCUT2D eigenvalue weighted by molar-refractivity contribution is 0.486. The second-order valence-electron chi connectivity index (χ2n) is 14.7. The minimum absolute atomic E-state index is 0.118. The van der Waals surface area contributed by atoms with Crippen molar-refractivity contribution in [3.05, 3.63) is 47.8 Å². The first-order chi connectivity index (χ1) is 22.7. The van der Waals surface area contributed by atoms with Crippen molar-refractivity contribution in [2.75, 3.05) is 0 Å². The van der Waals surface area contributed by atoms with Crippen LogP contribution in [0.15, 0.2) is 36.4 Å². The van der Waals surface area contributed by atoms with Crippen molar-refractivity contribution >= 4 is 37.7 Å². The third-order valence-corrected chi connectivity index (χ3v) is 18.5. The Morgan fingerprint density at radius 3 is 1.07 bits per heavy atom. The molecule has 0 aliphatic heterocycles. The highest BCUT2D eigenvalue weighted by Gasteiger charge is 2.35. The van der Waals surface area contributed by atoms with E-state index in [0.717, 1.165) is 34.0 Å². The molecule has 8 heteroatoms.